The van der Waals surface area contributed by atoms with Crippen LogP contribution in [0.2, 0.25) is 0 Å². The van der Waals surface area contributed by atoms with E-state index in [-0.39, 0.29) is 5.75 Å². The van der Waals surface area contributed by atoms with Gasteiger partial charge in [-0.1, -0.05) is 0 Å². The number of hydrogen-bond acceptors (Lipinski definition) is 4. The minimum absolute atomic E-state index is 0.0920. The standard InChI is InChI=1S/C11H13Br2NO3/c1-14(4-3-5-15)8-6-7(12)10(16)9(13)11(8)17-2/h5-6,16H,3-4H2,1-2H3. The normalized spacial score (nSPS) is 10.1. The molecule has 0 saturated carbocycles. The van der Waals surface area contributed by atoms with Gasteiger partial charge in [0.1, 0.15) is 16.5 Å². The van der Waals surface area contributed by atoms with E-state index in [1.54, 1.807) is 6.07 Å². The minimum atomic E-state index is 0.0920. The van der Waals surface area contributed by atoms with Crippen molar-refractivity contribution in [3.63, 3.8) is 0 Å². The van der Waals surface area contributed by atoms with Crippen molar-refractivity contribution in [3.8, 4) is 11.5 Å². The molecule has 0 bridgehead atoms. The molecule has 0 amide bonds. The van der Waals surface area contributed by atoms with Gasteiger partial charge in [-0.2, -0.15) is 0 Å². The Labute approximate surface area is 117 Å². The third-order valence-electron chi connectivity index (χ3n) is 2.33. The van der Waals surface area contributed by atoms with E-state index in [2.05, 4.69) is 31.9 Å². The Hall–Kier alpha value is -0.750. The summed E-state index contributed by atoms with van der Waals surface area (Å²) < 4.78 is 6.31. The lowest BCUT2D eigenvalue weighted by atomic mass is 10.2. The van der Waals surface area contributed by atoms with Gasteiger partial charge in [-0.15, -0.1) is 0 Å². The number of anilines is 1. The first-order valence-electron chi connectivity index (χ1n) is 4.92. The van der Waals surface area contributed by atoms with Crippen LogP contribution in [-0.4, -0.2) is 32.1 Å². The zero-order valence-electron chi connectivity index (χ0n) is 9.54. The molecule has 0 spiro atoms. The molecule has 0 radical (unpaired) electrons. The van der Waals surface area contributed by atoms with Crippen LogP contribution in [0.4, 0.5) is 5.69 Å². The van der Waals surface area contributed by atoms with Crippen molar-refractivity contribution in [2.45, 2.75) is 6.42 Å². The van der Waals surface area contributed by atoms with Crippen molar-refractivity contribution in [1.29, 1.82) is 0 Å². The highest BCUT2D eigenvalue weighted by molar-refractivity contribution is 9.11. The maximum atomic E-state index is 10.4. The Kier molecular flexibility index (Phi) is 5.27. The molecule has 0 aromatic heterocycles. The Morgan fingerprint density at radius 1 is 1.53 bits per heavy atom. The lowest BCUT2D eigenvalue weighted by Gasteiger charge is -2.22. The molecule has 0 saturated heterocycles. The van der Waals surface area contributed by atoms with Gasteiger partial charge in [-0.05, 0) is 37.9 Å². The highest BCUT2D eigenvalue weighted by Gasteiger charge is 2.17. The van der Waals surface area contributed by atoms with Gasteiger partial charge in [0.15, 0.2) is 5.75 Å². The van der Waals surface area contributed by atoms with Crippen LogP contribution in [0.25, 0.3) is 0 Å². The summed E-state index contributed by atoms with van der Waals surface area (Å²) in [5.41, 5.74) is 0.797. The highest BCUT2D eigenvalue weighted by Crippen LogP contribution is 2.45. The highest BCUT2D eigenvalue weighted by atomic mass is 79.9. The minimum Gasteiger partial charge on any atom is -0.505 e. The monoisotopic (exact) mass is 365 g/mol. The van der Waals surface area contributed by atoms with Gasteiger partial charge in [0.05, 0.1) is 17.3 Å². The van der Waals surface area contributed by atoms with Crippen molar-refractivity contribution in [1.82, 2.24) is 0 Å². The van der Waals surface area contributed by atoms with Gasteiger partial charge in [0.2, 0.25) is 0 Å². The fourth-order valence-corrected chi connectivity index (χ4v) is 2.68. The van der Waals surface area contributed by atoms with E-state index in [1.165, 1.54) is 7.11 Å². The summed E-state index contributed by atoms with van der Waals surface area (Å²) >= 11 is 6.54. The van der Waals surface area contributed by atoms with Crippen LogP contribution in [0.3, 0.4) is 0 Å². The number of carbonyl (C=O) groups excluding carboxylic acids is 1. The van der Waals surface area contributed by atoms with E-state index >= 15 is 0 Å². The number of rotatable bonds is 5. The Balaban J connectivity index is 3.18. The van der Waals surface area contributed by atoms with Gasteiger partial charge >= 0.3 is 0 Å². The zero-order chi connectivity index (χ0) is 13.0. The number of nitrogens with zero attached hydrogens (tertiary/aromatic N) is 1. The van der Waals surface area contributed by atoms with Gasteiger partial charge in [-0.25, -0.2) is 0 Å². The molecule has 1 rings (SSSR count). The maximum Gasteiger partial charge on any atom is 0.160 e. The average molecular weight is 367 g/mol. The first-order valence-corrected chi connectivity index (χ1v) is 6.51. The molecule has 0 aliphatic heterocycles. The van der Waals surface area contributed by atoms with Gasteiger partial charge in [-0.3, -0.25) is 0 Å². The molecule has 1 aromatic carbocycles. The number of ether oxygens (including phenoxy) is 1. The second-order valence-electron chi connectivity index (χ2n) is 3.45. The van der Waals surface area contributed by atoms with E-state index in [4.69, 9.17) is 4.74 Å². The number of phenolic OH excluding ortho intramolecular Hbond substituents is 1. The number of carbonyl (C=O) groups is 1. The van der Waals surface area contributed by atoms with Crippen LogP contribution in [-0.2, 0) is 4.79 Å². The Morgan fingerprint density at radius 3 is 2.71 bits per heavy atom. The largest absolute Gasteiger partial charge is 0.505 e. The number of aldehydes is 1. The molecule has 1 aromatic rings. The molecular weight excluding hydrogens is 354 g/mol. The van der Waals surface area contributed by atoms with Crippen molar-refractivity contribution in [2.24, 2.45) is 0 Å². The first-order chi connectivity index (χ1) is 8.02. The van der Waals surface area contributed by atoms with Gasteiger partial charge < -0.3 is 19.5 Å². The second-order valence-corrected chi connectivity index (χ2v) is 5.10. The van der Waals surface area contributed by atoms with Crippen molar-refractivity contribution >= 4 is 43.8 Å². The summed E-state index contributed by atoms with van der Waals surface area (Å²) in [6.45, 7) is 0.587. The molecule has 94 valence electrons. The number of halogens is 2. The first kappa shape index (κ1) is 14.3. The smallest absolute Gasteiger partial charge is 0.160 e. The quantitative estimate of drug-likeness (QED) is 0.814. The fourth-order valence-electron chi connectivity index (χ4n) is 1.42. The van der Waals surface area contributed by atoms with Gasteiger partial charge in [0.25, 0.3) is 0 Å². The van der Waals surface area contributed by atoms with Crippen LogP contribution < -0.4 is 9.64 Å². The van der Waals surface area contributed by atoms with Crippen LogP contribution in [0.5, 0.6) is 11.5 Å². The molecule has 6 heteroatoms. The number of phenols is 1. The number of hydrogen-bond donors (Lipinski definition) is 1. The van der Waals surface area contributed by atoms with Crippen LogP contribution in [0.1, 0.15) is 6.42 Å². The van der Waals surface area contributed by atoms with Crippen molar-refractivity contribution < 1.29 is 14.6 Å². The fraction of sp³-hybridized carbons (Fsp3) is 0.364. The molecule has 0 atom stereocenters. The third kappa shape index (κ3) is 3.13. The van der Waals surface area contributed by atoms with Crippen molar-refractivity contribution in [2.75, 3.05) is 25.6 Å². The van der Waals surface area contributed by atoms with Crippen LogP contribution >= 0.6 is 31.9 Å². The van der Waals surface area contributed by atoms with E-state index in [0.29, 0.717) is 27.7 Å². The predicted octanol–water partition coefficient (Wildman–Crippen LogP) is 2.95. The molecule has 4 nitrogen and oxygen atoms in total. The summed E-state index contributed by atoms with van der Waals surface area (Å²) in [4.78, 5) is 12.3. The molecule has 0 aliphatic rings. The second kappa shape index (κ2) is 6.26. The summed E-state index contributed by atoms with van der Waals surface area (Å²) in [7, 11) is 3.39. The molecule has 0 heterocycles. The third-order valence-corrected chi connectivity index (χ3v) is 3.67. The summed E-state index contributed by atoms with van der Waals surface area (Å²) in [5.74, 6) is 0.633. The van der Waals surface area contributed by atoms with E-state index in [9.17, 15) is 9.90 Å². The van der Waals surface area contributed by atoms with E-state index in [1.807, 2.05) is 11.9 Å². The van der Waals surface area contributed by atoms with Crippen LogP contribution in [0.15, 0.2) is 15.0 Å². The lowest BCUT2D eigenvalue weighted by Crippen LogP contribution is -2.19. The summed E-state index contributed by atoms with van der Waals surface area (Å²) in [6.07, 6.45) is 1.31. The number of methoxy groups -OCH3 is 1. The number of aromatic hydroxyl groups is 1. The maximum absolute atomic E-state index is 10.4. The lowest BCUT2D eigenvalue weighted by molar-refractivity contribution is -0.107. The zero-order valence-corrected chi connectivity index (χ0v) is 12.7. The SMILES string of the molecule is COc1c(N(C)CCC=O)cc(Br)c(O)c1Br. The molecule has 0 fully saturated rings. The average Bonchev–Trinajstić information content (AvgIpc) is 2.32. The molecule has 17 heavy (non-hydrogen) atoms. The van der Waals surface area contributed by atoms with E-state index < -0.39 is 0 Å². The van der Waals surface area contributed by atoms with Crippen molar-refractivity contribution in [3.05, 3.63) is 15.0 Å². The molecule has 1 N–H and O–H groups in total. The molecule has 0 aliphatic carbocycles. The molecular formula is C11H13Br2NO3. The summed E-state index contributed by atoms with van der Waals surface area (Å²) in [5, 5.41) is 9.75. The topological polar surface area (TPSA) is 49.8 Å². The number of benzene rings is 1. The predicted molar refractivity (Wildman–Crippen MR) is 74.0 cm³/mol. The van der Waals surface area contributed by atoms with E-state index in [0.717, 1.165) is 12.0 Å². The Morgan fingerprint density at radius 2 is 2.18 bits per heavy atom. The van der Waals surface area contributed by atoms with Gasteiger partial charge in [0, 0.05) is 20.0 Å². The Bertz CT molecular complexity index is 424. The van der Waals surface area contributed by atoms with Crippen LogP contribution in [0, 0.1) is 0 Å². The molecule has 0 unspecified atom stereocenters. The summed E-state index contributed by atoms with van der Waals surface area (Å²) in [6, 6.07) is 1.75.